The molecule has 0 spiro atoms. The second kappa shape index (κ2) is 5.04. The first kappa shape index (κ1) is 13.0. The number of carboxylic acid groups (broad SMARTS) is 1. The molecule has 1 aromatic heterocycles. The van der Waals surface area contributed by atoms with Gasteiger partial charge in [-0.1, -0.05) is 12.8 Å². The number of aromatic nitrogens is 2. The SMILES string of the molecule is CC(C)(Cc1nccc(C2CCCC2)n1)C(=O)O. The molecular weight excluding hydrogens is 228 g/mol. The van der Waals surface area contributed by atoms with Crippen molar-refractivity contribution in [3.05, 3.63) is 23.8 Å². The van der Waals surface area contributed by atoms with Crippen molar-refractivity contribution in [1.29, 1.82) is 0 Å². The van der Waals surface area contributed by atoms with Gasteiger partial charge in [0.25, 0.3) is 0 Å². The molecule has 1 heterocycles. The van der Waals surface area contributed by atoms with Crippen molar-refractivity contribution >= 4 is 5.97 Å². The molecule has 0 saturated heterocycles. The first-order chi connectivity index (χ1) is 8.49. The summed E-state index contributed by atoms with van der Waals surface area (Å²) in [5.74, 6) is 0.379. The molecule has 98 valence electrons. The molecule has 1 aromatic rings. The van der Waals surface area contributed by atoms with Crippen LogP contribution in [0.4, 0.5) is 0 Å². The van der Waals surface area contributed by atoms with Gasteiger partial charge in [0.1, 0.15) is 5.82 Å². The number of carboxylic acids is 1. The summed E-state index contributed by atoms with van der Waals surface area (Å²) in [5, 5.41) is 9.13. The summed E-state index contributed by atoms with van der Waals surface area (Å²) in [6, 6.07) is 1.97. The Hall–Kier alpha value is -1.45. The van der Waals surface area contributed by atoms with Crippen LogP contribution in [-0.2, 0) is 11.2 Å². The van der Waals surface area contributed by atoms with Crippen LogP contribution in [0, 0.1) is 5.41 Å². The van der Waals surface area contributed by atoms with Crippen molar-refractivity contribution in [1.82, 2.24) is 9.97 Å². The number of hydrogen-bond acceptors (Lipinski definition) is 3. The molecule has 0 atom stereocenters. The Bertz CT molecular complexity index is 437. The lowest BCUT2D eigenvalue weighted by Crippen LogP contribution is -2.27. The monoisotopic (exact) mass is 248 g/mol. The van der Waals surface area contributed by atoms with E-state index in [9.17, 15) is 4.79 Å². The molecule has 1 aliphatic rings. The van der Waals surface area contributed by atoms with E-state index in [-0.39, 0.29) is 0 Å². The summed E-state index contributed by atoms with van der Waals surface area (Å²) in [6.45, 7) is 3.42. The second-order valence-electron chi connectivity index (χ2n) is 5.74. The van der Waals surface area contributed by atoms with E-state index < -0.39 is 11.4 Å². The minimum Gasteiger partial charge on any atom is -0.481 e. The van der Waals surface area contributed by atoms with Crippen molar-refractivity contribution in [2.75, 3.05) is 0 Å². The summed E-state index contributed by atoms with van der Waals surface area (Å²) in [4.78, 5) is 19.9. The Morgan fingerprint density at radius 1 is 1.44 bits per heavy atom. The number of carbonyl (C=O) groups is 1. The largest absolute Gasteiger partial charge is 0.481 e. The molecule has 1 saturated carbocycles. The van der Waals surface area contributed by atoms with Crippen LogP contribution in [0.3, 0.4) is 0 Å². The molecule has 0 radical (unpaired) electrons. The third kappa shape index (κ3) is 2.86. The van der Waals surface area contributed by atoms with Crippen LogP contribution in [0.5, 0.6) is 0 Å². The highest BCUT2D eigenvalue weighted by Gasteiger charge is 2.29. The predicted octanol–water partition coefficient (Wildman–Crippen LogP) is 2.79. The summed E-state index contributed by atoms with van der Waals surface area (Å²) >= 11 is 0. The maximum Gasteiger partial charge on any atom is 0.309 e. The minimum atomic E-state index is -0.811. The highest BCUT2D eigenvalue weighted by atomic mass is 16.4. The van der Waals surface area contributed by atoms with Crippen molar-refractivity contribution in [3.8, 4) is 0 Å². The molecule has 18 heavy (non-hydrogen) atoms. The van der Waals surface area contributed by atoms with E-state index >= 15 is 0 Å². The Morgan fingerprint density at radius 3 is 2.72 bits per heavy atom. The van der Waals surface area contributed by atoms with Crippen molar-refractivity contribution in [3.63, 3.8) is 0 Å². The van der Waals surface area contributed by atoms with Gasteiger partial charge in [0.05, 0.1) is 5.41 Å². The number of aliphatic carboxylic acids is 1. The van der Waals surface area contributed by atoms with E-state index in [1.165, 1.54) is 25.7 Å². The molecule has 4 nitrogen and oxygen atoms in total. The topological polar surface area (TPSA) is 63.1 Å². The van der Waals surface area contributed by atoms with Crippen molar-refractivity contribution in [2.45, 2.75) is 51.9 Å². The van der Waals surface area contributed by atoms with E-state index in [1.54, 1.807) is 20.0 Å². The zero-order valence-electron chi connectivity index (χ0n) is 11.0. The third-order valence-corrected chi connectivity index (χ3v) is 3.68. The number of hydrogen-bond donors (Lipinski definition) is 1. The van der Waals surface area contributed by atoms with Gasteiger partial charge < -0.3 is 5.11 Å². The average Bonchev–Trinajstić information content (AvgIpc) is 2.82. The van der Waals surface area contributed by atoms with Crippen molar-refractivity contribution < 1.29 is 9.90 Å². The van der Waals surface area contributed by atoms with Gasteiger partial charge >= 0.3 is 5.97 Å². The number of rotatable bonds is 4. The Balaban J connectivity index is 2.14. The van der Waals surface area contributed by atoms with Crippen LogP contribution >= 0.6 is 0 Å². The molecule has 0 amide bonds. The summed E-state index contributed by atoms with van der Waals surface area (Å²) in [5.41, 5.74) is 0.271. The fraction of sp³-hybridized carbons (Fsp3) is 0.643. The molecule has 1 aliphatic carbocycles. The maximum absolute atomic E-state index is 11.1. The first-order valence-electron chi connectivity index (χ1n) is 6.54. The van der Waals surface area contributed by atoms with Crippen LogP contribution in [0.15, 0.2) is 12.3 Å². The lowest BCUT2D eigenvalue weighted by molar-refractivity contribution is -0.146. The first-order valence-corrected chi connectivity index (χ1v) is 6.54. The van der Waals surface area contributed by atoms with E-state index in [0.717, 1.165) is 5.69 Å². The van der Waals surface area contributed by atoms with E-state index in [1.807, 2.05) is 6.07 Å². The van der Waals surface area contributed by atoms with Crippen LogP contribution in [0.25, 0.3) is 0 Å². The van der Waals surface area contributed by atoms with Crippen LogP contribution in [0.2, 0.25) is 0 Å². The standard InChI is InChI=1S/C14H20N2O2/c1-14(2,13(17)18)9-12-15-8-7-11(16-12)10-5-3-4-6-10/h7-8,10H,3-6,9H2,1-2H3,(H,17,18). The summed E-state index contributed by atoms with van der Waals surface area (Å²) < 4.78 is 0. The fourth-order valence-electron chi connectivity index (χ4n) is 2.42. The number of nitrogens with zero attached hydrogens (tertiary/aromatic N) is 2. The van der Waals surface area contributed by atoms with Gasteiger partial charge in [0.15, 0.2) is 0 Å². The van der Waals surface area contributed by atoms with Gasteiger partial charge in [-0.25, -0.2) is 9.97 Å². The molecule has 1 N–H and O–H groups in total. The quantitative estimate of drug-likeness (QED) is 0.890. The molecule has 0 aliphatic heterocycles. The van der Waals surface area contributed by atoms with Gasteiger partial charge in [-0.05, 0) is 32.8 Å². The van der Waals surface area contributed by atoms with Gasteiger partial charge in [-0.2, -0.15) is 0 Å². The molecule has 4 heteroatoms. The highest BCUT2D eigenvalue weighted by molar-refractivity contribution is 5.73. The summed E-state index contributed by atoms with van der Waals surface area (Å²) in [6.07, 6.45) is 7.06. The molecule has 0 bridgehead atoms. The van der Waals surface area contributed by atoms with E-state index in [4.69, 9.17) is 5.11 Å². The van der Waals surface area contributed by atoms with Gasteiger partial charge in [-0.15, -0.1) is 0 Å². The van der Waals surface area contributed by atoms with Crippen molar-refractivity contribution in [2.24, 2.45) is 5.41 Å². The van der Waals surface area contributed by atoms with Gasteiger partial charge in [0, 0.05) is 24.2 Å². The Kier molecular flexibility index (Phi) is 3.64. The van der Waals surface area contributed by atoms with E-state index in [0.29, 0.717) is 18.2 Å². The molecule has 1 fully saturated rings. The van der Waals surface area contributed by atoms with Crippen LogP contribution in [0.1, 0.15) is 57.0 Å². The Morgan fingerprint density at radius 2 is 2.11 bits per heavy atom. The zero-order chi connectivity index (χ0) is 13.2. The lowest BCUT2D eigenvalue weighted by atomic mass is 9.89. The lowest BCUT2D eigenvalue weighted by Gasteiger charge is -2.18. The zero-order valence-corrected chi connectivity index (χ0v) is 11.0. The molecular formula is C14H20N2O2. The van der Waals surface area contributed by atoms with Crippen LogP contribution in [-0.4, -0.2) is 21.0 Å². The maximum atomic E-state index is 11.1. The molecule has 0 aromatic carbocycles. The van der Waals surface area contributed by atoms with E-state index in [2.05, 4.69) is 9.97 Å². The average molecular weight is 248 g/mol. The third-order valence-electron chi connectivity index (χ3n) is 3.68. The predicted molar refractivity (Wildman–Crippen MR) is 68.4 cm³/mol. The summed E-state index contributed by atoms with van der Waals surface area (Å²) in [7, 11) is 0. The normalized spacial score (nSPS) is 17.0. The minimum absolute atomic E-state index is 0.378. The van der Waals surface area contributed by atoms with Gasteiger partial charge in [-0.3, -0.25) is 4.79 Å². The highest BCUT2D eigenvalue weighted by Crippen LogP contribution is 2.33. The molecule has 0 unspecified atom stereocenters. The molecule has 2 rings (SSSR count). The second-order valence-corrected chi connectivity index (χ2v) is 5.74. The smallest absolute Gasteiger partial charge is 0.309 e. The van der Waals surface area contributed by atoms with Gasteiger partial charge in [0.2, 0.25) is 0 Å². The fourth-order valence-corrected chi connectivity index (χ4v) is 2.42. The van der Waals surface area contributed by atoms with Crippen LogP contribution < -0.4 is 0 Å². The Labute approximate surface area is 107 Å².